The molecule has 0 saturated heterocycles. The van der Waals surface area contributed by atoms with E-state index in [1.165, 1.54) is 20.3 Å². The predicted octanol–water partition coefficient (Wildman–Crippen LogP) is 2.26. The van der Waals surface area contributed by atoms with E-state index in [9.17, 15) is 8.42 Å². The molecule has 0 aliphatic rings. The van der Waals surface area contributed by atoms with Crippen molar-refractivity contribution in [1.29, 1.82) is 0 Å². The fraction of sp³-hybridized carbons (Fsp3) is 0.571. The number of nitrogens with two attached hydrogens (primary N) is 1. The normalized spacial score (nSPS) is 12.3. The van der Waals surface area contributed by atoms with Crippen molar-refractivity contribution < 1.29 is 17.9 Å². The third-order valence-electron chi connectivity index (χ3n) is 3.82. The van der Waals surface area contributed by atoms with Gasteiger partial charge in [0, 0.05) is 18.2 Å². The number of halogens is 1. The van der Waals surface area contributed by atoms with Crippen LogP contribution in [0.4, 0.5) is 0 Å². The maximum Gasteiger partial charge on any atom is 0.244 e. The van der Waals surface area contributed by atoms with Crippen LogP contribution in [0.5, 0.6) is 11.5 Å². The predicted molar refractivity (Wildman–Crippen MR) is 89.9 cm³/mol. The zero-order chi connectivity index (χ0) is 17.0. The Morgan fingerprint density at radius 2 is 1.73 bits per heavy atom. The van der Waals surface area contributed by atoms with Crippen LogP contribution in [0.2, 0.25) is 0 Å². The molecule has 0 aliphatic carbocycles. The van der Waals surface area contributed by atoms with Crippen molar-refractivity contribution in [3.05, 3.63) is 16.6 Å². The molecule has 0 aliphatic heterocycles. The molecule has 3 N–H and O–H groups in total. The quantitative estimate of drug-likeness (QED) is 0.705. The molecule has 8 heteroatoms. The van der Waals surface area contributed by atoms with Crippen LogP contribution in [0, 0.1) is 0 Å². The summed E-state index contributed by atoms with van der Waals surface area (Å²) in [6.07, 6.45) is 1.18. The topological polar surface area (TPSA) is 90.7 Å². The highest BCUT2D eigenvalue weighted by atomic mass is 79.9. The molecule has 0 spiro atoms. The van der Waals surface area contributed by atoms with Gasteiger partial charge in [-0.25, -0.2) is 13.1 Å². The van der Waals surface area contributed by atoms with E-state index in [4.69, 9.17) is 15.2 Å². The van der Waals surface area contributed by atoms with Crippen molar-refractivity contribution in [2.45, 2.75) is 37.1 Å². The number of hydrogen-bond acceptors (Lipinski definition) is 5. The number of nitrogens with one attached hydrogen (secondary N) is 1. The van der Waals surface area contributed by atoms with Crippen molar-refractivity contribution in [3.8, 4) is 11.5 Å². The second-order valence-electron chi connectivity index (χ2n) is 4.93. The highest BCUT2D eigenvalue weighted by Gasteiger charge is 2.33. The maximum atomic E-state index is 12.8. The molecule has 0 aromatic heterocycles. The first kappa shape index (κ1) is 19.2. The summed E-state index contributed by atoms with van der Waals surface area (Å²) in [5.74, 6) is 0.644. The average molecular weight is 395 g/mol. The van der Waals surface area contributed by atoms with Crippen molar-refractivity contribution >= 4 is 26.0 Å². The molecule has 22 heavy (non-hydrogen) atoms. The third-order valence-corrected chi connectivity index (χ3v) is 6.04. The molecule has 6 nitrogen and oxygen atoms in total. The Labute approximate surface area is 140 Å². The van der Waals surface area contributed by atoms with E-state index in [0.717, 1.165) is 0 Å². The van der Waals surface area contributed by atoms with Gasteiger partial charge >= 0.3 is 0 Å². The van der Waals surface area contributed by atoms with Crippen molar-refractivity contribution in [2.24, 2.45) is 5.73 Å². The van der Waals surface area contributed by atoms with E-state index < -0.39 is 15.6 Å². The van der Waals surface area contributed by atoms with Gasteiger partial charge in [-0.2, -0.15) is 0 Å². The molecule has 0 radical (unpaired) electrons. The van der Waals surface area contributed by atoms with E-state index >= 15 is 0 Å². The van der Waals surface area contributed by atoms with Gasteiger partial charge in [-0.15, -0.1) is 0 Å². The van der Waals surface area contributed by atoms with Gasteiger partial charge in [0.2, 0.25) is 10.0 Å². The number of methoxy groups -OCH3 is 2. The smallest absolute Gasteiger partial charge is 0.244 e. The fourth-order valence-corrected chi connectivity index (χ4v) is 4.31. The van der Waals surface area contributed by atoms with E-state index in [0.29, 0.717) is 23.1 Å². The molecule has 1 aromatic rings. The lowest BCUT2D eigenvalue weighted by molar-refractivity contribution is 0.359. The van der Waals surface area contributed by atoms with Gasteiger partial charge in [0.1, 0.15) is 16.4 Å². The summed E-state index contributed by atoms with van der Waals surface area (Å²) in [4.78, 5) is 0.0229. The summed E-state index contributed by atoms with van der Waals surface area (Å²) in [6, 6.07) is 2.99. The van der Waals surface area contributed by atoms with Crippen LogP contribution >= 0.6 is 15.9 Å². The summed E-state index contributed by atoms with van der Waals surface area (Å²) in [7, 11) is -0.912. The van der Waals surface area contributed by atoms with Gasteiger partial charge < -0.3 is 15.2 Å². The molecule has 0 heterocycles. The van der Waals surface area contributed by atoms with Crippen LogP contribution in [0.15, 0.2) is 21.5 Å². The maximum absolute atomic E-state index is 12.8. The zero-order valence-electron chi connectivity index (χ0n) is 13.3. The highest BCUT2D eigenvalue weighted by Crippen LogP contribution is 2.35. The first-order chi connectivity index (χ1) is 10.3. The molecule has 0 amide bonds. The third kappa shape index (κ3) is 3.92. The SMILES string of the molecule is CCC(CC)(CN)NS(=O)(=O)c1cc(OC)c(Br)cc1OC. The molecule has 0 saturated carbocycles. The van der Waals surface area contributed by atoms with Gasteiger partial charge in [-0.1, -0.05) is 13.8 Å². The molecule has 1 aromatic carbocycles. The largest absolute Gasteiger partial charge is 0.496 e. The summed E-state index contributed by atoms with van der Waals surface area (Å²) in [6.45, 7) is 4.02. The highest BCUT2D eigenvalue weighted by molar-refractivity contribution is 9.10. The number of ether oxygens (including phenoxy) is 2. The zero-order valence-corrected chi connectivity index (χ0v) is 15.7. The molecule has 126 valence electrons. The Morgan fingerprint density at radius 1 is 1.18 bits per heavy atom. The minimum absolute atomic E-state index is 0.0229. The number of benzene rings is 1. The van der Waals surface area contributed by atoms with Crippen LogP contribution in [-0.4, -0.2) is 34.7 Å². The van der Waals surface area contributed by atoms with E-state index in [-0.39, 0.29) is 17.2 Å². The Kier molecular flexibility index (Phi) is 6.66. The Hall–Kier alpha value is -0.830. The van der Waals surface area contributed by atoms with Crippen molar-refractivity contribution in [3.63, 3.8) is 0 Å². The number of sulfonamides is 1. The molecule has 1 rings (SSSR count). The molecule has 0 bridgehead atoms. The lowest BCUT2D eigenvalue weighted by Crippen LogP contribution is -2.52. The minimum Gasteiger partial charge on any atom is -0.496 e. The first-order valence-corrected chi connectivity index (χ1v) is 9.22. The summed E-state index contributed by atoms with van der Waals surface area (Å²) >= 11 is 3.31. The molecule has 0 fully saturated rings. The average Bonchev–Trinajstić information content (AvgIpc) is 2.52. The summed E-state index contributed by atoms with van der Waals surface area (Å²) in [5, 5.41) is 0. The van der Waals surface area contributed by atoms with Crippen LogP contribution in [-0.2, 0) is 10.0 Å². The van der Waals surface area contributed by atoms with Crippen molar-refractivity contribution in [2.75, 3.05) is 20.8 Å². The summed E-state index contributed by atoms with van der Waals surface area (Å²) < 4.78 is 39.2. The molecular formula is C14H23BrN2O4S. The van der Waals surface area contributed by atoms with E-state index in [1.54, 1.807) is 6.07 Å². The second kappa shape index (κ2) is 7.63. The van der Waals surface area contributed by atoms with Crippen LogP contribution in [0.25, 0.3) is 0 Å². The molecule has 0 unspecified atom stereocenters. The van der Waals surface area contributed by atoms with Crippen molar-refractivity contribution in [1.82, 2.24) is 4.72 Å². The molecule has 0 atom stereocenters. The van der Waals surface area contributed by atoms with Gasteiger partial charge in [-0.05, 0) is 34.8 Å². The van der Waals surface area contributed by atoms with Gasteiger partial charge in [0.15, 0.2) is 0 Å². The van der Waals surface area contributed by atoms with Crippen LogP contribution < -0.4 is 19.9 Å². The van der Waals surface area contributed by atoms with Gasteiger partial charge in [-0.3, -0.25) is 0 Å². The summed E-state index contributed by atoms with van der Waals surface area (Å²) in [5.41, 5.74) is 5.10. The fourth-order valence-electron chi connectivity index (χ4n) is 2.11. The Bertz CT molecular complexity index is 607. The Balaban J connectivity index is 3.39. The van der Waals surface area contributed by atoms with E-state index in [2.05, 4.69) is 20.7 Å². The minimum atomic E-state index is -3.80. The Morgan fingerprint density at radius 3 is 2.14 bits per heavy atom. The second-order valence-corrected chi connectivity index (χ2v) is 7.44. The lowest BCUT2D eigenvalue weighted by atomic mass is 9.95. The lowest BCUT2D eigenvalue weighted by Gasteiger charge is -2.31. The standard InChI is InChI=1S/C14H23BrN2O4S/c1-5-14(6-2,9-16)17-22(18,19)13-8-11(20-3)10(15)7-12(13)21-4/h7-8,17H,5-6,9,16H2,1-4H3. The van der Waals surface area contributed by atoms with Crippen LogP contribution in [0.3, 0.4) is 0 Å². The number of rotatable bonds is 8. The monoisotopic (exact) mass is 394 g/mol. The van der Waals surface area contributed by atoms with Crippen LogP contribution in [0.1, 0.15) is 26.7 Å². The molecular weight excluding hydrogens is 372 g/mol. The number of hydrogen-bond donors (Lipinski definition) is 2. The van der Waals surface area contributed by atoms with Gasteiger partial charge in [0.25, 0.3) is 0 Å². The van der Waals surface area contributed by atoms with Gasteiger partial charge in [0.05, 0.1) is 18.7 Å². The van der Waals surface area contributed by atoms with E-state index in [1.807, 2.05) is 13.8 Å². The first-order valence-electron chi connectivity index (χ1n) is 6.94.